The Morgan fingerprint density at radius 1 is 1.09 bits per heavy atom. The molecule has 10 nitrogen and oxygen atoms in total. The standard InChI is InChI=1S/C22H23N7O3/c1-29-11-23-21(28-29)14-4-3-5-15(20(14)32-2)24-16-10-17(25-22(31)13-8-9-13)26-27-18(16)19(30)12-6-7-12/h3-5,10-13H,6-9H2,1-2H3,(H2,24,25,26,31). The van der Waals surface area contributed by atoms with Crippen LogP contribution in [0.25, 0.3) is 11.4 Å². The molecule has 0 spiro atoms. The second kappa shape index (κ2) is 8.03. The molecular weight excluding hydrogens is 410 g/mol. The highest BCUT2D eigenvalue weighted by Gasteiger charge is 2.34. The maximum Gasteiger partial charge on any atom is 0.228 e. The molecular formula is C22H23N7O3. The van der Waals surface area contributed by atoms with Gasteiger partial charge in [0.25, 0.3) is 0 Å². The zero-order chi connectivity index (χ0) is 22.2. The summed E-state index contributed by atoms with van der Waals surface area (Å²) in [6.45, 7) is 0. The Bertz CT molecular complexity index is 1200. The van der Waals surface area contributed by atoms with E-state index in [1.807, 2.05) is 18.2 Å². The molecule has 2 aliphatic rings. The highest BCUT2D eigenvalue weighted by atomic mass is 16.5. The molecule has 0 atom stereocenters. The molecule has 0 aliphatic heterocycles. The fourth-order valence-corrected chi connectivity index (χ4v) is 3.48. The Balaban J connectivity index is 1.51. The quantitative estimate of drug-likeness (QED) is 0.520. The van der Waals surface area contributed by atoms with Crippen LogP contribution in [0.1, 0.15) is 36.2 Å². The number of anilines is 3. The number of ether oxygens (including phenoxy) is 1. The number of aromatic nitrogens is 5. The van der Waals surface area contributed by atoms with Crippen LogP contribution in [0.3, 0.4) is 0 Å². The van der Waals surface area contributed by atoms with Crippen LogP contribution in [0.2, 0.25) is 0 Å². The van der Waals surface area contributed by atoms with Crippen LogP contribution in [0, 0.1) is 11.8 Å². The highest BCUT2D eigenvalue weighted by molar-refractivity contribution is 6.03. The summed E-state index contributed by atoms with van der Waals surface area (Å²) >= 11 is 0. The molecule has 0 unspecified atom stereocenters. The third kappa shape index (κ3) is 4.03. The number of methoxy groups -OCH3 is 1. The van der Waals surface area contributed by atoms with E-state index in [1.165, 1.54) is 0 Å². The number of hydrogen-bond acceptors (Lipinski definition) is 8. The third-order valence-electron chi connectivity index (χ3n) is 5.50. The van der Waals surface area contributed by atoms with E-state index in [4.69, 9.17) is 4.74 Å². The van der Waals surface area contributed by atoms with Gasteiger partial charge in [-0.1, -0.05) is 6.07 Å². The molecule has 1 amide bonds. The summed E-state index contributed by atoms with van der Waals surface area (Å²) in [7, 11) is 3.36. The van der Waals surface area contributed by atoms with Crippen molar-refractivity contribution in [3.63, 3.8) is 0 Å². The second-order valence-corrected chi connectivity index (χ2v) is 8.15. The first-order chi connectivity index (χ1) is 15.5. The van der Waals surface area contributed by atoms with Crippen LogP contribution in [0.15, 0.2) is 30.6 Å². The maximum atomic E-state index is 12.8. The molecule has 2 saturated carbocycles. The van der Waals surface area contributed by atoms with Crippen molar-refractivity contribution < 1.29 is 14.3 Å². The zero-order valence-corrected chi connectivity index (χ0v) is 17.8. The summed E-state index contributed by atoms with van der Waals surface area (Å²) in [5.41, 5.74) is 2.04. The second-order valence-electron chi connectivity index (χ2n) is 8.15. The molecule has 10 heteroatoms. The van der Waals surface area contributed by atoms with Gasteiger partial charge in [0, 0.05) is 24.9 Å². The molecule has 2 aliphatic carbocycles. The molecule has 32 heavy (non-hydrogen) atoms. The van der Waals surface area contributed by atoms with Gasteiger partial charge in [-0.25, -0.2) is 4.98 Å². The van der Waals surface area contributed by atoms with E-state index in [0.717, 1.165) is 25.7 Å². The summed E-state index contributed by atoms with van der Waals surface area (Å²) in [4.78, 5) is 29.3. The van der Waals surface area contributed by atoms with E-state index in [2.05, 4.69) is 30.9 Å². The number of Topliss-reactive ketones (excluding diaryl/α,β-unsaturated/α-hetero) is 1. The minimum absolute atomic E-state index is 0.0253. The molecule has 0 bridgehead atoms. The lowest BCUT2D eigenvalue weighted by atomic mass is 10.1. The summed E-state index contributed by atoms with van der Waals surface area (Å²) < 4.78 is 7.28. The van der Waals surface area contributed by atoms with Crippen LogP contribution in [0.4, 0.5) is 17.2 Å². The van der Waals surface area contributed by atoms with Gasteiger partial charge in [0.05, 0.1) is 24.0 Å². The molecule has 0 radical (unpaired) electrons. The van der Waals surface area contributed by atoms with E-state index in [-0.39, 0.29) is 29.2 Å². The number of carbonyl (C=O) groups is 2. The van der Waals surface area contributed by atoms with Gasteiger partial charge in [-0.3, -0.25) is 14.3 Å². The van der Waals surface area contributed by atoms with Crippen molar-refractivity contribution in [3.05, 3.63) is 36.3 Å². The number of carbonyl (C=O) groups excluding carboxylic acids is 2. The van der Waals surface area contributed by atoms with Crippen LogP contribution in [-0.4, -0.2) is 43.8 Å². The Kier molecular flexibility index (Phi) is 5.04. The van der Waals surface area contributed by atoms with Crippen LogP contribution >= 0.6 is 0 Å². The number of hydrogen-bond donors (Lipinski definition) is 2. The number of rotatable bonds is 8. The molecule has 5 rings (SSSR count). The number of amides is 1. The first kappa shape index (κ1) is 20.1. The number of nitrogens with one attached hydrogen (secondary N) is 2. The van der Waals surface area contributed by atoms with E-state index in [1.54, 1.807) is 31.2 Å². The van der Waals surface area contributed by atoms with Crippen LogP contribution < -0.4 is 15.4 Å². The average molecular weight is 433 g/mol. The van der Waals surface area contributed by atoms with Crippen molar-refractivity contribution in [2.75, 3.05) is 17.7 Å². The van der Waals surface area contributed by atoms with E-state index >= 15 is 0 Å². The molecule has 2 heterocycles. The van der Waals surface area contributed by atoms with Gasteiger partial charge in [-0.15, -0.1) is 10.2 Å². The molecule has 2 aromatic heterocycles. The molecule has 164 valence electrons. The third-order valence-corrected chi connectivity index (χ3v) is 5.50. The van der Waals surface area contributed by atoms with Crippen LogP contribution in [-0.2, 0) is 11.8 Å². The van der Waals surface area contributed by atoms with Gasteiger partial charge in [0.15, 0.2) is 28.9 Å². The predicted octanol–water partition coefficient (Wildman–Crippen LogP) is 2.97. The Hall–Kier alpha value is -3.82. The predicted molar refractivity (Wildman–Crippen MR) is 117 cm³/mol. The summed E-state index contributed by atoms with van der Waals surface area (Å²) in [5, 5.41) is 18.7. The number of ketones is 1. The number of aryl methyl sites for hydroxylation is 1. The van der Waals surface area contributed by atoms with E-state index in [9.17, 15) is 9.59 Å². The lowest BCUT2D eigenvalue weighted by Gasteiger charge is -2.16. The lowest BCUT2D eigenvalue weighted by molar-refractivity contribution is -0.117. The minimum Gasteiger partial charge on any atom is -0.494 e. The van der Waals surface area contributed by atoms with Crippen LogP contribution in [0.5, 0.6) is 5.75 Å². The average Bonchev–Trinajstić information content (AvgIpc) is 3.71. The molecule has 3 aromatic rings. The monoisotopic (exact) mass is 433 g/mol. The van der Waals surface area contributed by atoms with Crippen molar-refractivity contribution in [1.82, 2.24) is 25.0 Å². The van der Waals surface area contributed by atoms with Gasteiger partial charge in [0.1, 0.15) is 6.33 Å². The lowest BCUT2D eigenvalue weighted by Crippen LogP contribution is -2.17. The summed E-state index contributed by atoms with van der Waals surface area (Å²) in [6, 6.07) is 7.19. The summed E-state index contributed by atoms with van der Waals surface area (Å²) in [6.07, 6.45) is 5.08. The fourth-order valence-electron chi connectivity index (χ4n) is 3.48. The van der Waals surface area contributed by atoms with Gasteiger partial charge in [-0.05, 0) is 37.8 Å². The highest BCUT2D eigenvalue weighted by Crippen LogP contribution is 2.39. The first-order valence-electron chi connectivity index (χ1n) is 10.6. The maximum absolute atomic E-state index is 12.8. The summed E-state index contributed by atoms with van der Waals surface area (Å²) in [5.74, 6) is 1.23. The smallest absolute Gasteiger partial charge is 0.228 e. The topological polar surface area (TPSA) is 124 Å². The van der Waals surface area contributed by atoms with Crippen molar-refractivity contribution in [2.45, 2.75) is 25.7 Å². The largest absolute Gasteiger partial charge is 0.494 e. The molecule has 1 aromatic carbocycles. The van der Waals surface area contributed by atoms with Crippen molar-refractivity contribution >= 4 is 28.9 Å². The van der Waals surface area contributed by atoms with Crippen molar-refractivity contribution in [3.8, 4) is 17.1 Å². The number of nitrogens with zero attached hydrogens (tertiary/aromatic N) is 5. The normalized spacial score (nSPS) is 15.3. The van der Waals surface area contributed by atoms with Crippen molar-refractivity contribution in [1.29, 1.82) is 0 Å². The Labute approximate surface area is 184 Å². The molecule has 2 fully saturated rings. The first-order valence-corrected chi connectivity index (χ1v) is 10.6. The SMILES string of the molecule is COc1c(Nc2cc(NC(=O)C3CC3)nnc2C(=O)C2CC2)cccc1-c1ncn(C)n1. The zero-order valence-electron chi connectivity index (χ0n) is 17.8. The van der Waals surface area contributed by atoms with Gasteiger partial charge < -0.3 is 15.4 Å². The fraction of sp³-hybridized carbons (Fsp3) is 0.364. The number of benzene rings is 1. The Morgan fingerprint density at radius 2 is 1.88 bits per heavy atom. The van der Waals surface area contributed by atoms with Gasteiger partial charge in [0.2, 0.25) is 5.91 Å². The Morgan fingerprint density at radius 3 is 2.53 bits per heavy atom. The van der Waals surface area contributed by atoms with E-state index in [0.29, 0.717) is 34.3 Å². The van der Waals surface area contributed by atoms with Crippen molar-refractivity contribution in [2.24, 2.45) is 18.9 Å². The minimum atomic E-state index is -0.0766. The molecule has 2 N–H and O–H groups in total. The number of para-hydroxylation sites is 1. The van der Waals surface area contributed by atoms with Gasteiger partial charge >= 0.3 is 0 Å². The van der Waals surface area contributed by atoms with Gasteiger partial charge in [-0.2, -0.15) is 5.10 Å². The van der Waals surface area contributed by atoms with E-state index < -0.39 is 0 Å². The molecule has 0 saturated heterocycles.